The van der Waals surface area contributed by atoms with Gasteiger partial charge in [-0.1, -0.05) is 0 Å². The van der Waals surface area contributed by atoms with Gasteiger partial charge >= 0.3 is 0 Å². The van der Waals surface area contributed by atoms with Crippen LogP contribution in [0.15, 0.2) is 49.1 Å². The number of nitrogens with zero attached hydrogens (tertiary/aromatic N) is 12. The topological polar surface area (TPSA) is 166 Å². The zero-order valence-electron chi connectivity index (χ0n) is 34.2. The summed E-state index contributed by atoms with van der Waals surface area (Å²) in [5, 5.41) is 8.06. The van der Waals surface area contributed by atoms with E-state index in [0.29, 0.717) is 47.8 Å². The second kappa shape index (κ2) is 17.0. The Morgan fingerprint density at radius 3 is 1.40 bits per heavy atom. The van der Waals surface area contributed by atoms with Crippen LogP contribution in [0.2, 0.25) is 0 Å². The summed E-state index contributed by atoms with van der Waals surface area (Å²) in [6, 6.07) is 7.43. The van der Waals surface area contributed by atoms with Crippen molar-refractivity contribution in [3.05, 3.63) is 72.3 Å². The van der Waals surface area contributed by atoms with E-state index in [4.69, 9.17) is 9.97 Å². The van der Waals surface area contributed by atoms with E-state index < -0.39 is 0 Å². The first kappa shape index (κ1) is 39.5. The van der Waals surface area contributed by atoms with Crippen LogP contribution < -0.4 is 9.80 Å². The maximum Gasteiger partial charge on any atom is 0.227 e. The zero-order chi connectivity index (χ0) is 41.3. The molecule has 0 bridgehead atoms. The molecule has 0 aliphatic carbocycles. The van der Waals surface area contributed by atoms with Gasteiger partial charge in [-0.2, -0.15) is 10.2 Å². The quantitative estimate of drug-likeness (QED) is 0.201. The summed E-state index contributed by atoms with van der Waals surface area (Å²) >= 11 is 0. The number of fused-ring (bicyclic) bond motifs is 2. The number of carbonyl (C=O) groups excluding carboxylic acids is 2. The number of H-pyrrole nitrogens is 2. The van der Waals surface area contributed by atoms with Gasteiger partial charge in [-0.05, 0) is 89.5 Å². The molecule has 0 spiro atoms. The van der Waals surface area contributed by atoms with Gasteiger partial charge in [0.25, 0.3) is 0 Å². The molecule has 16 nitrogen and oxygen atoms in total. The van der Waals surface area contributed by atoms with E-state index in [1.54, 1.807) is 0 Å². The normalized spacial score (nSPS) is 20.8. The molecular formula is C42H52F2N14O2. The number of halogens is 2. The number of likely N-dealkylation sites (tertiary alicyclic amines) is 2. The number of aromatic nitrogens is 10. The Morgan fingerprint density at radius 1 is 0.600 bits per heavy atom. The molecule has 4 aliphatic heterocycles. The average molecular weight is 823 g/mol. The largest absolute Gasteiger partial charge is 0.356 e. The van der Waals surface area contributed by atoms with Crippen molar-refractivity contribution in [2.75, 3.05) is 62.2 Å². The molecule has 10 heterocycles. The second-order valence-electron chi connectivity index (χ2n) is 16.6. The highest BCUT2D eigenvalue weighted by Gasteiger charge is 2.33. The monoisotopic (exact) mass is 822 g/mol. The Bertz CT molecular complexity index is 2280. The number of anilines is 2. The van der Waals surface area contributed by atoms with Crippen LogP contribution in [0, 0.1) is 23.5 Å². The summed E-state index contributed by atoms with van der Waals surface area (Å²) in [4.78, 5) is 59.3. The van der Waals surface area contributed by atoms with E-state index in [0.717, 1.165) is 113 Å². The van der Waals surface area contributed by atoms with Crippen LogP contribution in [0.1, 0.15) is 88.9 Å². The maximum atomic E-state index is 13.3. The first-order valence-corrected chi connectivity index (χ1v) is 21.4. The van der Waals surface area contributed by atoms with Crippen LogP contribution in [-0.4, -0.2) is 123 Å². The van der Waals surface area contributed by atoms with Crippen molar-refractivity contribution in [1.29, 1.82) is 0 Å². The van der Waals surface area contributed by atoms with E-state index in [2.05, 4.69) is 39.9 Å². The Balaban J connectivity index is 0.000000154. The van der Waals surface area contributed by atoms with Gasteiger partial charge in [0, 0.05) is 52.4 Å². The van der Waals surface area contributed by atoms with Gasteiger partial charge in [0.15, 0.2) is 22.9 Å². The number of piperidine rings is 2. The lowest BCUT2D eigenvalue weighted by Gasteiger charge is -2.34. The molecule has 2 N–H and O–H groups in total. The molecule has 6 aromatic rings. The van der Waals surface area contributed by atoms with Crippen molar-refractivity contribution in [3.63, 3.8) is 0 Å². The third kappa shape index (κ3) is 8.28. The lowest BCUT2D eigenvalue weighted by molar-refractivity contribution is -0.135. The number of hydrogen-bond acceptors (Lipinski definition) is 10. The molecule has 18 heteroatoms. The van der Waals surface area contributed by atoms with Crippen LogP contribution in [0.25, 0.3) is 22.3 Å². The molecule has 60 heavy (non-hydrogen) atoms. The zero-order valence-corrected chi connectivity index (χ0v) is 34.2. The number of carbonyl (C=O) groups is 2. The third-order valence-corrected chi connectivity index (χ3v) is 12.4. The Hall–Kier alpha value is -5.94. The van der Waals surface area contributed by atoms with Crippen LogP contribution in [-0.2, 0) is 9.59 Å². The summed E-state index contributed by atoms with van der Waals surface area (Å²) in [7, 11) is 0. The van der Waals surface area contributed by atoms with Crippen molar-refractivity contribution in [2.45, 2.75) is 77.3 Å². The summed E-state index contributed by atoms with van der Waals surface area (Å²) < 4.78 is 29.7. The van der Waals surface area contributed by atoms with Gasteiger partial charge < -0.3 is 29.6 Å². The molecular weight excluding hydrogens is 771 g/mol. The highest BCUT2D eigenvalue weighted by atomic mass is 19.1. The van der Waals surface area contributed by atoms with Gasteiger partial charge in [0.2, 0.25) is 11.8 Å². The molecule has 0 aromatic carbocycles. The van der Waals surface area contributed by atoms with Crippen LogP contribution in [0.3, 0.4) is 0 Å². The average Bonchev–Trinajstić information content (AvgIpc) is 4.14. The van der Waals surface area contributed by atoms with Crippen LogP contribution >= 0.6 is 0 Å². The summed E-state index contributed by atoms with van der Waals surface area (Å²) in [6.45, 7) is 10.6. The van der Waals surface area contributed by atoms with E-state index in [9.17, 15) is 18.4 Å². The molecule has 4 atom stereocenters. The van der Waals surface area contributed by atoms with E-state index in [1.807, 2.05) is 47.9 Å². The van der Waals surface area contributed by atoms with Crippen molar-refractivity contribution in [1.82, 2.24) is 59.3 Å². The fourth-order valence-electron chi connectivity index (χ4n) is 9.02. The SMILES string of the molecule is C[C@@H](c1nc2nc(N3CCC[C@@H](C(=O)N4CCCC4)C3)ccc2[nH]1)n1cc(F)cn1.C[C@H](c1nc2nc(N3CCC[C@@H](C(=O)N4CCCC4)C3)ccc2[nH]1)n1cc(F)cn1. The minimum atomic E-state index is -0.374. The van der Waals surface area contributed by atoms with Crippen molar-refractivity contribution in [3.8, 4) is 0 Å². The Kier molecular flexibility index (Phi) is 11.2. The molecule has 4 saturated heterocycles. The van der Waals surface area contributed by atoms with Gasteiger partial charge in [-0.15, -0.1) is 0 Å². The van der Waals surface area contributed by atoms with Gasteiger partial charge in [0.1, 0.15) is 35.4 Å². The maximum absolute atomic E-state index is 13.3. The van der Waals surface area contributed by atoms with Gasteiger partial charge in [0.05, 0.1) is 47.7 Å². The summed E-state index contributed by atoms with van der Waals surface area (Å²) in [6.07, 6.45) is 13.4. The predicted octanol–water partition coefficient (Wildman–Crippen LogP) is 5.48. The summed E-state index contributed by atoms with van der Waals surface area (Å²) in [5.74, 6) is 2.97. The van der Waals surface area contributed by atoms with Crippen LogP contribution in [0.5, 0.6) is 0 Å². The van der Waals surface area contributed by atoms with Crippen molar-refractivity contribution in [2.24, 2.45) is 11.8 Å². The number of imidazole rings is 2. The molecule has 4 aliphatic rings. The number of pyridine rings is 2. The van der Waals surface area contributed by atoms with E-state index in [1.165, 1.54) is 34.2 Å². The minimum absolute atomic E-state index is 0.0406. The Morgan fingerprint density at radius 2 is 1.02 bits per heavy atom. The number of amides is 2. The number of nitrogens with one attached hydrogen (secondary N) is 2. The summed E-state index contributed by atoms with van der Waals surface area (Å²) in [5.41, 5.74) is 2.90. The van der Waals surface area contributed by atoms with Crippen LogP contribution in [0.4, 0.5) is 20.4 Å². The Labute approximate surface area is 346 Å². The highest BCUT2D eigenvalue weighted by molar-refractivity contribution is 5.81. The fraction of sp³-hybridized carbons (Fsp3) is 0.524. The van der Waals surface area contributed by atoms with E-state index >= 15 is 0 Å². The number of rotatable bonds is 8. The van der Waals surface area contributed by atoms with Crippen molar-refractivity contribution < 1.29 is 18.4 Å². The molecule has 0 saturated carbocycles. The number of aromatic amines is 2. The predicted molar refractivity (Wildman–Crippen MR) is 221 cm³/mol. The number of hydrogen-bond donors (Lipinski definition) is 2. The first-order valence-electron chi connectivity index (χ1n) is 21.4. The first-order chi connectivity index (χ1) is 29.2. The van der Waals surface area contributed by atoms with Gasteiger partial charge in [-0.3, -0.25) is 19.0 Å². The molecule has 4 fully saturated rings. The molecule has 316 valence electrons. The standard InChI is InChI=1S/2C21H26FN7O/c2*1-14(29-13-16(22)11-23-29)19-24-17-6-7-18(25-20(17)26-19)28-10-4-5-15(12-28)21(30)27-8-2-3-9-27/h2*6-7,11,13-15H,2-5,8-10,12H2,1H3,(H,24,25,26)/t14-,15+;14-,15-/m01/s1. The fourth-order valence-corrected chi connectivity index (χ4v) is 9.02. The second-order valence-corrected chi connectivity index (χ2v) is 16.6. The molecule has 0 unspecified atom stereocenters. The molecule has 2 amide bonds. The smallest absolute Gasteiger partial charge is 0.227 e. The molecule has 6 aromatic heterocycles. The van der Waals surface area contributed by atoms with E-state index in [-0.39, 0.29) is 35.6 Å². The van der Waals surface area contributed by atoms with Crippen molar-refractivity contribution >= 4 is 45.8 Å². The lowest BCUT2D eigenvalue weighted by atomic mass is 9.96. The van der Waals surface area contributed by atoms with Gasteiger partial charge in [-0.25, -0.2) is 28.7 Å². The molecule has 0 radical (unpaired) electrons. The molecule has 10 rings (SSSR count). The lowest BCUT2D eigenvalue weighted by Crippen LogP contribution is -2.44. The minimum Gasteiger partial charge on any atom is -0.356 e. The third-order valence-electron chi connectivity index (χ3n) is 12.4. The highest BCUT2D eigenvalue weighted by Crippen LogP contribution is 2.29.